The Kier molecular flexibility index (Phi) is 9.33. The molecule has 2 aliphatic rings. The number of amides is 1. The second-order valence-corrected chi connectivity index (χ2v) is 7.24. The van der Waals surface area contributed by atoms with E-state index in [4.69, 9.17) is 10.5 Å². The molecule has 9 heteroatoms. The molecule has 3 rings (SSSR count). The van der Waals surface area contributed by atoms with Crippen LogP contribution in [0.1, 0.15) is 32.6 Å². The molecule has 2 fully saturated rings. The van der Waals surface area contributed by atoms with Crippen LogP contribution >= 0.6 is 24.8 Å². The van der Waals surface area contributed by atoms with E-state index >= 15 is 0 Å². The Labute approximate surface area is 167 Å². The number of rotatable bonds is 5. The van der Waals surface area contributed by atoms with Gasteiger partial charge in [0, 0.05) is 31.4 Å². The van der Waals surface area contributed by atoms with Crippen LogP contribution in [0.25, 0.3) is 0 Å². The SMILES string of the molecule is CC1(N)CCCCC1C(=O)Nc1cnn(CCN2CCOCC2)c1.Cl.Cl. The first-order valence-corrected chi connectivity index (χ1v) is 8.97. The quantitative estimate of drug-likeness (QED) is 0.778. The van der Waals surface area contributed by atoms with Gasteiger partial charge in [-0.25, -0.2) is 0 Å². The lowest BCUT2D eigenvalue weighted by Gasteiger charge is -2.37. The van der Waals surface area contributed by atoms with Gasteiger partial charge in [0.2, 0.25) is 5.91 Å². The van der Waals surface area contributed by atoms with Crippen molar-refractivity contribution in [3.05, 3.63) is 12.4 Å². The number of carbonyl (C=O) groups is 1. The summed E-state index contributed by atoms with van der Waals surface area (Å²) in [6.07, 6.45) is 7.57. The minimum Gasteiger partial charge on any atom is -0.379 e. The molecule has 26 heavy (non-hydrogen) atoms. The van der Waals surface area contributed by atoms with Crippen LogP contribution in [0.3, 0.4) is 0 Å². The van der Waals surface area contributed by atoms with Gasteiger partial charge in [-0.05, 0) is 19.8 Å². The van der Waals surface area contributed by atoms with Crippen LogP contribution in [-0.2, 0) is 16.1 Å². The highest BCUT2D eigenvalue weighted by Gasteiger charge is 2.37. The van der Waals surface area contributed by atoms with Crippen molar-refractivity contribution in [3.63, 3.8) is 0 Å². The number of nitrogens with zero attached hydrogens (tertiary/aromatic N) is 3. The van der Waals surface area contributed by atoms with E-state index in [1.165, 1.54) is 0 Å². The number of ether oxygens (including phenoxy) is 1. The zero-order valence-corrected chi connectivity index (χ0v) is 17.0. The van der Waals surface area contributed by atoms with Gasteiger partial charge in [-0.2, -0.15) is 5.10 Å². The molecule has 3 N–H and O–H groups in total. The molecule has 0 aromatic carbocycles. The topological polar surface area (TPSA) is 85.4 Å². The molecule has 150 valence electrons. The van der Waals surface area contributed by atoms with Crippen LogP contribution in [0.2, 0.25) is 0 Å². The van der Waals surface area contributed by atoms with E-state index in [1.54, 1.807) is 6.20 Å². The number of carbonyl (C=O) groups excluding carboxylic acids is 1. The largest absolute Gasteiger partial charge is 0.379 e. The van der Waals surface area contributed by atoms with Crippen LogP contribution in [0, 0.1) is 5.92 Å². The molecule has 0 radical (unpaired) electrons. The molecule has 1 saturated carbocycles. The number of aromatic nitrogens is 2. The monoisotopic (exact) mass is 407 g/mol. The van der Waals surface area contributed by atoms with Gasteiger partial charge in [-0.1, -0.05) is 12.8 Å². The molecule has 1 saturated heterocycles. The molecule has 0 bridgehead atoms. The number of nitrogens with two attached hydrogens (primary N) is 1. The number of hydrogen-bond acceptors (Lipinski definition) is 5. The summed E-state index contributed by atoms with van der Waals surface area (Å²) in [7, 11) is 0. The van der Waals surface area contributed by atoms with E-state index in [-0.39, 0.29) is 36.6 Å². The maximum absolute atomic E-state index is 12.5. The summed E-state index contributed by atoms with van der Waals surface area (Å²) in [5.74, 6) is -0.102. The predicted molar refractivity (Wildman–Crippen MR) is 107 cm³/mol. The number of hydrogen-bond donors (Lipinski definition) is 2. The first-order valence-electron chi connectivity index (χ1n) is 8.97. The van der Waals surface area contributed by atoms with Gasteiger partial charge >= 0.3 is 0 Å². The zero-order valence-electron chi connectivity index (χ0n) is 15.4. The smallest absolute Gasteiger partial charge is 0.229 e. The van der Waals surface area contributed by atoms with E-state index in [9.17, 15) is 4.79 Å². The van der Waals surface area contributed by atoms with Crippen LogP contribution in [0.15, 0.2) is 12.4 Å². The van der Waals surface area contributed by atoms with E-state index in [0.29, 0.717) is 0 Å². The molecule has 1 aromatic rings. The fourth-order valence-corrected chi connectivity index (χ4v) is 3.64. The standard InChI is InChI=1S/C17H29N5O2.2ClH/c1-17(18)5-3-2-4-15(17)16(23)20-14-12-19-22(13-14)7-6-21-8-10-24-11-9-21;;/h12-13,15H,2-11,18H2,1H3,(H,20,23);2*1H. The summed E-state index contributed by atoms with van der Waals surface area (Å²) in [4.78, 5) is 14.9. The third-order valence-corrected chi connectivity index (χ3v) is 5.22. The molecule has 1 aliphatic carbocycles. The molecule has 2 heterocycles. The van der Waals surface area contributed by atoms with Crippen LogP contribution in [0.5, 0.6) is 0 Å². The maximum Gasteiger partial charge on any atom is 0.229 e. The number of nitrogens with one attached hydrogen (secondary N) is 1. The van der Waals surface area contributed by atoms with Crippen molar-refractivity contribution < 1.29 is 9.53 Å². The molecule has 2 atom stereocenters. The van der Waals surface area contributed by atoms with Crippen LogP contribution in [-0.4, -0.2) is 59.0 Å². The maximum atomic E-state index is 12.5. The Bertz CT molecular complexity index is 561. The van der Waals surface area contributed by atoms with Crippen LogP contribution in [0.4, 0.5) is 5.69 Å². The highest BCUT2D eigenvalue weighted by Crippen LogP contribution is 2.32. The predicted octanol–water partition coefficient (Wildman–Crippen LogP) is 1.91. The van der Waals surface area contributed by atoms with E-state index in [1.807, 2.05) is 17.8 Å². The third kappa shape index (κ3) is 6.09. The average molecular weight is 408 g/mol. The second-order valence-electron chi connectivity index (χ2n) is 7.24. The molecular weight excluding hydrogens is 377 g/mol. The third-order valence-electron chi connectivity index (χ3n) is 5.22. The van der Waals surface area contributed by atoms with E-state index in [2.05, 4.69) is 15.3 Å². The average Bonchev–Trinajstić information content (AvgIpc) is 3.01. The lowest BCUT2D eigenvalue weighted by molar-refractivity contribution is -0.122. The fourth-order valence-electron chi connectivity index (χ4n) is 3.64. The summed E-state index contributed by atoms with van der Waals surface area (Å²) in [5.41, 5.74) is 6.66. The van der Waals surface area contributed by atoms with Crippen molar-refractivity contribution >= 4 is 36.4 Å². The number of anilines is 1. The first kappa shape index (κ1) is 23.2. The molecular formula is C17H31Cl2N5O2. The van der Waals surface area contributed by atoms with Gasteiger partial charge in [-0.15, -0.1) is 24.8 Å². The lowest BCUT2D eigenvalue weighted by Crippen LogP contribution is -2.51. The van der Waals surface area contributed by atoms with E-state index < -0.39 is 5.54 Å². The Morgan fingerprint density at radius 3 is 2.77 bits per heavy atom. The highest BCUT2D eigenvalue weighted by atomic mass is 35.5. The highest BCUT2D eigenvalue weighted by molar-refractivity contribution is 5.93. The van der Waals surface area contributed by atoms with Crippen molar-refractivity contribution in [1.82, 2.24) is 14.7 Å². The van der Waals surface area contributed by atoms with Crippen LogP contribution < -0.4 is 11.1 Å². The van der Waals surface area contributed by atoms with Crippen molar-refractivity contribution in [2.45, 2.75) is 44.7 Å². The van der Waals surface area contributed by atoms with Crippen molar-refractivity contribution in [2.75, 3.05) is 38.2 Å². The lowest BCUT2D eigenvalue weighted by atomic mass is 9.74. The number of morpholine rings is 1. The van der Waals surface area contributed by atoms with E-state index in [0.717, 1.165) is 70.8 Å². The molecule has 7 nitrogen and oxygen atoms in total. The summed E-state index contributed by atoms with van der Waals surface area (Å²) in [6, 6.07) is 0. The molecule has 0 spiro atoms. The molecule has 1 aromatic heterocycles. The van der Waals surface area contributed by atoms with Gasteiger partial charge in [0.1, 0.15) is 0 Å². The number of halogens is 2. The summed E-state index contributed by atoms with van der Waals surface area (Å²) in [5, 5.41) is 7.34. The second kappa shape index (κ2) is 10.5. The summed E-state index contributed by atoms with van der Waals surface area (Å²) in [6.45, 7) is 7.31. The Morgan fingerprint density at radius 2 is 2.08 bits per heavy atom. The van der Waals surface area contributed by atoms with Gasteiger partial charge in [-0.3, -0.25) is 14.4 Å². The Hall–Kier alpha value is -0.860. The summed E-state index contributed by atoms with van der Waals surface area (Å²) < 4.78 is 7.23. The zero-order chi connectivity index (χ0) is 17.0. The van der Waals surface area contributed by atoms with Crippen molar-refractivity contribution in [3.8, 4) is 0 Å². The molecule has 1 aliphatic heterocycles. The van der Waals surface area contributed by atoms with Gasteiger partial charge in [0.25, 0.3) is 0 Å². The normalized spacial score (nSPS) is 26.5. The first-order chi connectivity index (χ1) is 11.5. The minimum atomic E-state index is -0.408. The Morgan fingerprint density at radius 1 is 1.35 bits per heavy atom. The Balaban J connectivity index is 0.00000169. The fraction of sp³-hybridized carbons (Fsp3) is 0.765. The summed E-state index contributed by atoms with van der Waals surface area (Å²) >= 11 is 0. The van der Waals surface area contributed by atoms with Gasteiger partial charge < -0.3 is 15.8 Å². The van der Waals surface area contributed by atoms with Crippen molar-refractivity contribution in [2.24, 2.45) is 11.7 Å². The van der Waals surface area contributed by atoms with Gasteiger partial charge in [0.05, 0.1) is 37.6 Å². The van der Waals surface area contributed by atoms with Gasteiger partial charge in [0.15, 0.2) is 0 Å². The molecule has 2 unspecified atom stereocenters. The molecule has 1 amide bonds. The minimum absolute atomic E-state index is 0. The van der Waals surface area contributed by atoms with Crippen molar-refractivity contribution in [1.29, 1.82) is 0 Å².